The van der Waals surface area contributed by atoms with Gasteiger partial charge in [-0.1, -0.05) is 0 Å². The summed E-state index contributed by atoms with van der Waals surface area (Å²) in [5, 5.41) is 6.21. The van der Waals surface area contributed by atoms with E-state index in [0.717, 1.165) is 44.7 Å². The minimum atomic E-state index is -0.113. The van der Waals surface area contributed by atoms with E-state index in [1.54, 1.807) is 12.3 Å². The Morgan fingerprint density at radius 3 is 2.94 bits per heavy atom. The molecule has 1 aliphatic rings. The normalized spacial score (nSPS) is 16.7. The first-order valence-corrected chi connectivity index (χ1v) is 6.53. The van der Waals surface area contributed by atoms with E-state index in [1.165, 1.54) is 0 Å². The highest BCUT2D eigenvalue weighted by molar-refractivity contribution is 5.92. The van der Waals surface area contributed by atoms with Gasteiger partial charge in [-0.25, -0.2) is 0 Å². The van der Waals surface area contributed by atoms with Crippen LogP contribution in [-0.4, -0.2) is 50.1 Å². The number of piperazine rings is 1. The highest BCUT2D eigenvalue weighted by Gasteiger charge is 2.12. The van der Waals surface area contributed by atoms with Crippen molar-refractivity contribution in [1.82, 2.24) is 15.5 Å². The van der Waals surface area contributed by atoms with Crippen molar-refractivity contribution < 1.29 is 9.21 Å². The van der Waals surface area contributed by atoms with Gasteiger partial charge in [-0.2, -0.15) is 0 Å². The maximum absolute atomic E-state index is 11.7. The zero-order valence-electron chi connectivity index (χ0n) is 10.9. The predicted octanol–water partition coefficient (Wildman–Crippen LogP) is 0.613. The molecule has 1 amide bonds. The molecule has 1 aliphatic heterocycles. The Morgan fingerprint density at radius 2 is 2.28 bits per heavy atom. The van der Waals surface area contributed by atoms with Crippen molar-refractivity contribution in [1.29, 1.82) is 0 Å². The van der Waals surface area contributed by atoms with E-state index in [2.05, 4.69) is 15.5 Å². The number of furan rings is 1. The minimum absolute atomic E-state index is 0.113. The fraction of sp³-hybridized carbons (Fsp3) is 0.615. The van der Waals surface area contributed by atoms with E-state index >= 15 is 0 Å². The van der Waals surface area contributed by atoms with Crippen molar-refractivity contribution in [3.63, 3.8) is 0 Å². The summed E-state index contributed by atoms with van der Waals surface area (Å²) in [6, 6.07) is 1.80. The summed E-state index contributed by atoms with van der Waals surface area (Å²) in [5.74, 6) is 0.315. The van der Waals surface area contributed by atoms with Crippen LogP contribution in [0, 0.1) is 6.92 Å². The van der Waals surface area contributed by atoms with Gasteiger partial charge in [0.05, 0.1) is 6.26 Å². The second-order valence-corrected chi connectivity index (χ2v) is 4.63. The predicted molar refractivity (Wildman–Crippen MR) is 69.7 cm³/mol. The Balaban J connectivity index is 1.63. The Kier molecular flexibility index (Phi) is 4.78. The van der Waals surface area contributed by atoms with Gasteiger partial charge in [0.25, 0.3) is 5.91 Å². The third kappa shape index (κ3) is 3.58. The first-order chi connectivity index (χ1) is 8.77. The van der Waals surface area contributed by atoms with Gasteiger partial charge in [-0.3, -0.25) is 4.79 Å². The number of aryl methyl sites for hydroxylation is 1. The first-order valence-electron chi connectivity index (χ1n) is 6.53. The fourth-order valence-corrected chi connectivity index (χ4v) is 2.12. The molecule has 5 nitrogen and oxygen atoms in total. The molecule has 1 saturated heterocycles. The van der Waals surface area contributed by atoms with Gasteiger partial charge < -0.3 is 20.0 Å². The molecular weight excluding hydrogens is 230 g/mol. The maximum atomic E-state index is 11.7. The molecule has 0 unspecified atom stereocenters. The smallest absolute Gasteiger partial charge is 0.287 e. The maximum Gasteiger partial charge on any atom is 0.287 e. The molecule has 2 N–H and O–H groups in total. The van der Waals surface area contributed by atoms with Crippen molar-refractivity contribution in [2.75, 3.05) is 39.3 Å². The molecule has 0 aliphatic carbocycles. The molecule has 100 valence electrons. The average Bonchev–Trinajstić information content (AvgIpc) is 2.82. The molecule has 1 aromatic heterocycles. The van der Waals surface area contributed by atoms with Crippen LogP contribution >= 0.6 is 0 Å². The molecule has 5 heteroatoms. The highest BCUT2D eigenvalue weighted by Crippen LogP contribution is 2.07. The Labute approximate surface area is 108 Å². The van der Waals surface area contributed by atoms with Crippen molar-refractivity contribution >= 4 is 5.91 Å². The molecule has 2 heterocycles. The highest BCUT2D eigenvalue weighted by atomic mass is 16.3. The van der Waals surface area contributed by atoms with Gasteiger partial charge in [0.1, 0.15) is 0 Å². The van der Waals surface area contributed by atoms with Crippen LogP contribution in [-0.2, 0) is 0 Å². The molecule has 1 aromatic rings. The lowest BCUT2D eigenvalue weighted by molar-refractivity contribution is 0.0922. The van der Waals surface area contributed by atoms with E-state index in [1.807, 2.05) is 6.92 Å². The summed E-state index contributed by atoms with van der Waals surface area (Å²) >= 11 is 0. The lowest BCUT2D eigenvalue weighted by Gasteiger charge is -2.26. The molecule has 0 saturated carbocycles. The number of nitrogens with one attached hydrogen (secondary N) is 2. The number of amides is 1. The minimum Gasteiger partial charge on any atom is -0.459 e. The third-order valence-electron chi connectivity index (χ3n) is 3.21. The fourth-order valence-electron chi connectivity index (χ4n) is 2.12. The van der Waals surface area contributed by atoms with Crippen molar-refractivity contribution in [3.8, 4) is 0 Å². The van der Waals surface area contributed by atoms with Crippen LogP contribution in [0.5, 0.6) is 0 Å². The Morgan fingerprint density at radius 1 is 1.50 bits per heavy atom. The number of nitrogens with zero attached hydrogens (tertiary/aromatic N) is 1. The zero-order valence-corrected chi connectivity index (χ0v) is 10.9. The number of carbonyl (C=O) groups is 1. The summed E-state index contributed by atoms with van der Waals surface area (Å²) < 4.78 is 5.14. The zero-order chi connectivity index (χ0) is 12.8. The van der Waals surface area contributed by atoms with Crippen molar-refractivity contribution in [2.24, 2.45) is 0 Å². The van der Waals surface area contributed by atoms with Gasteiger partial charge in [0.2, 0.25) is 0 Å². The molecule has 0 bridgehead atoms. The molecule has 18 heavy (non-hydrogen) atoms. The monoisotopic (exact) mass is 251 g/mol. The summed E-state index contributed by atoms with van der Waals surface area (Å²) in [6.45, 7) is 7.95. The number of rotatable bonds is 5. The SMILES string of the molecule is Cc1ccoc1C(=O)NCCCN1CCNCC1. The average molecular weight is 251 g/mol. The van der Waals surface area contributed by atoms with Crippen molar-refractivity contribution in [2.45, 2.75) is 13.3 Å². The standard InChI is InChI=1S/C13H21N3O2/c1-11-3-10-18-12(11)13(17)15-4-2-7-16-8-5-14-6-9-16/h3,10,14H,2,4-9H2,1H3,(H,15,17). The molecular formula is C13H21N3O2. The molecule has 0 radical (unpaired) electrons. The van der Waals surface area contributed by atoms with Crippen LogP contribution in [0.15, 0.2) is 16.7 Å². The van der Waals surface area contributed by atoms with Crippen LogP contribution in [0.1, 0.15) is 22.5 Å². The van der Waals surface area contributed by atoms with Gasteiger partial charge >= 0.3 is 0 Å². The number of hydrogen-bond donors (Lipinski definition) is 2. The van der Waals surface area contributed by atoms with E-state index < -0.39 is 0 Å². The van der Waals surface area contributed by atoms with E-state index in [9.17, 15) is 4.79 Å². The number of carbonyl (C=O) groups excluding carboxylic acids is 1. The second-order valence-electron chi connectivity index (χ2n) is 4.63. The first kappa shape index (κ1) is 13.1. The quantitative estimate of drug-likeness (QED) is 0.753. The summed E-state index contributed by atoms with van der Waals surface area (Å²) in [4.78, 5) is 14.2. The van der Waals surface area contributed by atoms with Crippen LogP contribution in [0.2, 0.25) is 0 Å². The summed E-state index contributed by atoms with van der Waals surface area (Å²) in [7, 11) is 0. The van der Waals surface area contributed by atoms with Gasteiger partial charge in [-0.15, -0.1) is 0 Å². The van der Waals surface area contributed by atoms with Crippen LogP contribution in [0.4, 0.5) is 0 Å². The van der Waals surface area contributed by atoms with Crippen LogP contribution in [0.25, 0.3) is 0 Å². The second kappa shape index (κ2) is 6.56. The van der Waals surface area contributed by atoms with Crippen LogP contribution < -0.4 is 10.6 Å². The molecule has 2 rings (SSSR count). The molecule has 1 fully saturated rings. The topological polar surface area (TPSA) is 57.5 Å². The van der Waals surface area contributed by atoms with E-state index in [4.69, 9.17) is 4.42 Å². The van der Waals surface area contributed by atoms with Gasteiger partial charge in [0.15, 0.2) is 5.76 Å². The van der Waals surface area contributed by atoms with Gasteiger partial charge in [0, 0.05) is 38.3 Å². The molecule has 0 aromatic carbocycles. The lowest BCUT2D eigenvalue weighted by Crippen LogP contribution is -2.44. The summed E-state index contributed by atoms with van der Waals surface area (Å²) in [6.07, 6.45) is 2.52. The Bertz CT molecular complexity index is 383. The lowest BCUT2D eigenvalue weighted by atomic mass is 10.2. The molecule has 0 spiro atoms. The van der Waals surface area contributed by atoms with Gasteiger partial charge in [-0.05, 0) is 26.0 Å². The third-order valence-corrected chi connectivity index (χ3v) is 3.21. The van der Waals surface area contributed by atoms with E-state index in [-0.39, 0.29) is 5.91 Å². The van der Waals surface area contributed by atoms with Crippen molar-refractivity contribution in [3.05, 3.63) is 23.7 Å². The van der Waals surface area contributed by atoms with Crippen LogP contribution in [0.3, 0.4) is 0 Å². The molecule has 0 atom stereocenters. The largest absolute Gasteiger partial charge is 0.459 e. The summed E-state index contributed by atoms with van der Waals surface area (Å²) in [5.41, 5.74) is 0.884. The number of hydrogen-bond acceptors (Lipinski definition) is 4. The Hall–Kier alpha value is -1.33. The van der Waals surface area contributed by atoms with E-state index in [0.29, 0.717) is 12.3 Å².